The number of methoxy groups -OCH3 is 1. The predicted molar refractivity (Wildman–Crippen MR) is 86.7 cm³/mol. The number of aryl methyl sites for hydroxylation is 2. The maximum atomic E-state index is 5.28. The summed E-state index contributed by atoms with van der Waals surface area (Å²) in [6, 6.07) is 5.98. The van der Waals surface area contributed by atoms with Crippen LogP contribution in [-0.2, 0) is 6.42 Å². The molecule has 21 heavy (non-hydrogen) atoms. The maximum absolute atomic E-state index is 5.28. The summed E-state index contributed by atoms with van der Waals surface area (Å²) in [5.41, 5.74) is 3.07. The van der Waals surface area contributed by atoms with Gasteiger partial charge in [0.15, 0.2) is 0 Å². The number of hydrogen-bond donors (Lipinski definition) is 2. The van der Waals surface area contributed by atoms with E-state index in [2.05, 4.69) is 20.6 Å². The lowest BCUT2D eigenvalue weighted by atomic mass is 10.2. The van der Waals surface area contributed by atoms with Crippen molar-refractivity contribution >= 4 is 17.3 Å². The summed E-state index contributed by atoms with van der Waals surface area (Å²) in [6.45, 7) is 6.07. The van der Waals surface area contributed by atoms with Gasteiger partial charge in [-0.25, -0.2) is 9.97 Å². The van der Waals surface area contributed by atoms with Crippen LogP contribution in [-0.4, -0.2) is 24.1 Å². The van der Waals surface area contributed by atoms with Crippen LogP contribution in [0.25, 0.3) is 0 Å². The second kappa shape index (κ2) is 6.43. The van der Waals surface area contributed by atoms with Gasteiger partial charge in [0.25, 0.3) is 0 Å². The first-order valence-electron chi connectivity index (χ1n) is 7.06. The molecule has 0 bridgehead atoms. The molecule has 1 heterocycles. The molecule has 5 nitrogen and oxygen atoms in total. The van der Waals surface area contributed by atoms with Crippen LogP contribution in [0.4, 0.5) is 17.3 Å². The van der Waals surface area contributed by atoms with Gasteiger partial charge in [0, 0.05) is 24.7 Å². The van der Waals surface area contributed by atoms with E-state index in [1.807, 2.05) is 46.0 Å². The largest absolute Gasteiger partial charge is 0.496 e. The molecule has 0 atom stereocenters. The van der Waals surface area contributed by atoms with Gasteiger partial charge in [0.05, 0.1) is 7.11 Å². The lowest BCUT2D eigenvalue weighted by Crippen LogP contribution is -2.07. The molecule has 0 aliphatic heterocycles. The average Bonchev–Trinajstić information content (AvgIpc) is 2.49. The van der Waals surface area contributed by atoms with Crippen molar-refractivity contribution in [1.29, 1.82) is 0 Å². The highest BCUT2D eigenvalue weighted by molar-refractivity contribution is 5.65. The maximum Gasteiger partial charge on any atom is 0.139 e. The summed E-state index contributed by atoms with van der Waals surface area (Å²) in [5, 5.41) is 6.48. The Kier molecular flexibility index (Phi) is 4.62. The predicted octanol–water partition coefficient (Wildman–Crippen LogP) is 3.45. The van der Waals surface area contributed by atoms with Crippen LogP contribution < -0.4 is 15.4 Å². The second-order valence-electron chi connectivity index (χ2n) is 4.88. The van der Waals surface area contributed by atoms with Crippen LogP contribution in [0.2, 0.25) is 0 Å². The summed E-state index contributed by atoms with van der Waals surface area (Å²) in [7, 11) is 3.55. The van der Waals surface area contributed by atoms with Gasteiger partial charge in [-0.15, -0.1) is 0 Å². The molecule has 2 rings (SSSR count). The monoisotopic (exact) mass is 286 g/mol. The van der Waals surface area contributed by atoms with E-state index < -0.39 is 0 Å². The minimum absolute atomic E-state index is 0.797. The Morgan fingerprint density at radius 3 is 2.43 bits per heavy atom. The third kappa shape index (κ3) is 3.24. The van der Waals surface area contributed by atoms with Crippen molar-refractivity contribution in [2.24, 2.45) is 0 Å². The first-order chi connectivity index (χ1) is 10.1. The molecule has 1 aromatic heterocycles. The van der Waals surface area contributed by atoms with E-state index >= 15 is 0 Å². The first kappa shape index (κ1) is 15.1. The van der Waals surface area contributed by atoms with E-state index in [4.69, 9.17) is 4.74 Å². The molecule has 1 aromatic carbocycles. The third-order valence-corrected chi connectivity index (χ3v) is 3.40. The van der Waals surface area contributed by atoms with Gasteiger partial charge in [0.2, 0.25) is 0 Å². The van der Waals surface area contributed by atoms with Crippen molar-refractivity contribution in [2.75, 3.05) is 24.8 Å². The first-order valence-corrected chi connectivity index (χ1v) is 7.06. The molecule has 0 saturated carbocycles. The SMILES string of the molecule is CCc1nc(NC)c(C)c(Nc2ccc(OC)c(C)c2)n1. The minimum atomic E-state index is 0.797. The Morgan fingerprint density at radius 1 is 1.14 bits per heavy atom. The molecule has 0 spiro atoms. The number of rotatable bonds is 5. The van der Waals surface area contributed by atoms with Crippen LogP contribution in [0, 0.1) is 13.8 Å². The molecular weight excluding hydrogens is 264 g/mol. The van der Waals surface area contributed by atoms with E-state index in [9.17, 15) is 0 Å². The smallest absolute Gasteiger partial charge is 0.139 e. The highest BCUT2D eigenvalue weighted by Crippen LogP contribution is 2.26. The van der Waals surface area contributed by atoms with Gasteiger partial charge < -0.3 is 15.4 Å². The summed E-state index contributed by atoms with van der Waals surface area (Å²) in [6.07, 6.45) is 0.797. The molecule has 2 aromatic rings. The van der Waals surface area contributed by atoms with E-state index in [-0.39, 0.29) is 0 Å². The Balaban J connectivity index is 2.36. The normalized spacial score (nSPS) is 10.3. The van der Waals surface area contributed by atoms with E-state index in [0.29, 0.717) is 0 Å². The Labute approximate surface area is 125 Å². The van der Waals surface area contributed by atoms with Gasteiger partial charge in [-0.3, -0.25) is 0 Å². The quantitative estimate of drug-likeness (QED) is 0.881. The van der Waals surface area contributed by atoms with Crippen molar-refractivity contribution in [3.05, 3.63) is 35.2 Å². The van der Waals surface area contributed by atoms with E-state index in [1.54, 1.807) is 7.11 Å². The Bertz CT molecular complexity index is 640. The topological polar surface area (TPSA) is 59.1 Å². The zero-order chi connectivity index (χ0) is 15.4. The standard InChI is InChI=1S/C16H22N4O/c1-6-14-19-15(17-4)11(3)16(20-14)18-12-7-8-13(21-5)10(2)9-12/h7-9H,6H2,1-5H3,(H2,17,18,19,20). The van der Waals surface area contributed by atoms with Gasteiger partial charge in [-0.1, -0.05) is 6.92 Å². The van der Waals surface area contributed by atoms with Gasteiger partial charge >= 0.3 is 0 Å². The number of aromatic nitrogens is 2. The molecule has 0 aliphatic carbocycles. The fourth-order valence-electron chi connectivity index (χ4n) is 2.18. The van der Waals surface area contributed by atoms with Crippen LogP contribution in [0.15, 0.2) is 18.2 Å². The molecule has 0 unspecified atom stereocenters. The Hall–Kier alpha value is -2.30. The Morgan fingerprint density at radius 2 is 1.86 bits per heavy atom. The number of benzene rings is 1. The summed E-state index contributed by atoms with van der Waals surface area (Å²) >= 11 is 0. The molecule has 0 fully saturated rings. The van der Waals surface area contributed by atoms with Crippen LogP contribution >= 0.6 is 0 Å². The van der Waals surface area contributed by atoms with Crippen molar-refractivity contribution in [3.8, 4) is 5.75 Å². The van der Waals surface area contributed by atoms with Crippen LogP contribution in [0.1, 0.15) is 23.9 Å². The van der Waals surface area contributed by atoms with Gasteiger partial charge in [-0.05, 0) is 37.6 Å². The minimum Gasteiger partial charge on any atom is -0.496 e. The molecule has 0 radical (unpaired) electrons. The zero-order valence-corrected chi connectivity index (χ0v) is 13.2. The lowest BCUT2D eigenvalue weighted by molar-refractivity contribution is 0.412. The molecule has 5 heteroatoms. The summed E-state index contributed by atoms with van der Waals surface area (Å²) < 4.78 is 5.28. The molecule has 2 N–H and O–H groups in total. The highest BCUT2D eigenvalue weighted by atomic mass is 16.5. The second-order valence-corrected chi connectivity index (χ2v) is 4.88. The zero-order valence-electron chi connectivity index (χ0n) is 13.2. The van der Waals surface area contributed by atoms with E-state index in [0.717, 1.165) is 46.4 Å². The average molecular weight is 286 g/mol. The molecule has 0 amide bonds. The van der Waals surface area contributed by atoms with Crippen LogP contribution in [0.3, 0.4) is 0 Å². The third-order valence-electron chi connectivity index (χ3n) is 3.40. The van der Waals surface area contributed by atoms with Gasteiger partial charge in [-0.2, -0.15) is 0 Å². The number of nitrogens with one attached hydrogen (secondary N) is 2. The highest BCUT2D eigenvalue weighted by Gasteiger charge is 2.10. The van der Waals surface area contributed by atoms with Crippen molar-refractivity contribution < 1.29 is 4.74 Å². The molecular formula is C16H22N4O. The number of ether oxygens (including phenoxy) is 1. The number of anilines is 3. The molecule has 0 aliphatic rings. The molecule has 112 valence electrons. The number of hydrogen-bond acceptors (Lipinski definition) is 5. The fourth-order valence-corrected chi connectivity index (χ4v) is 2.18. The number of nitrogens with zero attached hydrogens (tertiary/aromatic N) is 2. The lowest BCUT2D eigenvalue weighted by Gasteiger charge is -2.14. The van der Waals surface area contributed by atoms with Crippen molar-refractivity contribution in [2.45, 2.75) is 27.2 Å². The van der Waals surface area contributed by atoms with Gasteiger partial charge in [0.1, 0.15) is 23.2 Å². The van der Waals surface area contributed by atoms with Crippen LogP contribution in [0.5, 0.6) is 5.75 Å². The molecule has 0 saturated heterocycles. The van der Waals surface area contributed by atoms with Crippen molar-refractivity contribution in [3.63, 3.8) is 0 Å². The summed E-state index contributed by atoms with van der Waals surface area (Å²) in [5.74, 6) is 3.38. The van der Waals surface area contributed by atoms with E-state index in [1.165, 1.54) is 0 Å². The summed E-state index contributed by atoms with van der Waals surface area (Å²) in [4.78, 5) is 9.05. The van der Waals surface area contributed by atoms with Crippen molar-refractivity contribution in [1.82, 2.24) is 9.97 Å². The fraction of sp³-hybridized carbons (Fsp3) is 0.375.